The van der Waals surface area contributed by atoms with Gasteiger partial charge in [0.25, 0.3) is 0 Å². The molecule has 1 heterocycles. The van der Waals surface area contributed by atoms with E-state index in [1.54, 1.807) is 0 Å². The molecule has 110 valence electrons. The minimum Gasteiger partial charge on any atom is -0.377 e. The molecule has 20 heavy (non-hydrogen) atoms. The summed E-state index contributed by atoms with van der Waals surface area (Å²) in [6.45, 7) is 4.44. The summed E-state index contributed by atoms with van der Waals surface area (Å²) in [7, 11) is 0. The second kappa shape index (κ2) is 7.79. The van der Waals surface area contributed by atoms with Gasteiger partial charge in [0.15, 0.2) is 0 Å². The summed E-state index contributed by atoms with van der Waals surface area (Å²) in [5, 5.41) is 0.875. The summed E-state index contributed by atoms with van der Waals surface area (Å²) in [4.78, 5) is 14.2. The molecule has 0 unspecified atom stereocenters. The van der Waals surface area contributed by atoms with Crippen LogP contribution >= 0.6 is 15.9 Å². The first-order valence-corrected chi connectivity index (χ1v) is 8.32. The number of hydrogen-bond donors (Lipinski definition) is 0. The van der Waals surface area contributed by atoms with E-state index in [1.165, 1.54) is 5.56 Å². The Hall–Kier alpha value is -0.870. The molecular weight excluding hydrogens is 318 g/mol. The molecule has 1 saturated heterocycles. The highest BCUT2D eigenvalue weighted by molar-refractivity contribution is 9.09. The van der Waals surface area contributed by atoms with Crippen LogP contribution in [-0.2, 0) is 16.0 Å². The number of alkyl halides is 1. The highest BCUT2D eigenvalue weighted by atomic mass is 79.9. The standard InChI is InChI=1S/C16H22BrNO2/c1-13-3-2-4-14(11-13)12-16(19)18-8-5-15(6-9-18)20-10-7-17/h2-4,11,15H,5-10,12H2,1H3. The van der Waals surface area contributed by atoms with Gasteiger partial charge in [0.2, 0.25) is 5.91 Å². The van der Waals surface area contributed by atoms with Gasteiger partial charge in [-0.25, -0.2) is 0 Å². The lowest BCUT2D eigenvalue weighted by atomic mass is 10.0. The summed E-state index contributed by atoms with van der Waals surface area (Å²) in [6.07, 6.45) is 2.73. The quantitative estimate of drug-likeness (QED) is 0.772. The first kappa shape index (κ1) is 15.5. The third-order valence-corrected chi connectivity index (χ3v) is 3.99. The van der Waals surface area contributed by atoms with E-state index < -0.39 is 0 Å². The molecule has 4 heteroatoms. The van der Waals surface area contributed by atoms with Crippen molar-refractivity contribution in [3.8, 4) is 0 Å². The van der Waals surface area contributed by atoms with Gasteiger partial charge in [-0.3, -0.25) is 4.79 Å². The Morgan fingerprint density at radius 3 is 2.80 bits per heavy atom. The number of carbonyl (C=O) groups excluding carboxylic acids is 1. The number of benzene rings is 1. The van der Waals surface area contributed by atoms with Crippen molar-refractivity contribution in [1.82, 2.24) is 4.90 Å². The number of aryl methyl sites for hydroxylation is 1. The van der Waals surface area contributed by atoms with Crippen LogP contribution in [0.1, 0.15) is 24.0 Å². The molecule has 3 nitrogen and oxygen atoms in total. The smallest absolute Gasteiger partial charge is 0.226 e. The van der Waals surface area contributed by atoms with Gasteiger partial charge in [0, 0.05) is 18.4 Å². The second-order valence-electron chi connectivity index (χ2n) is 5.31. The van der Waals surface area contributed by atoms with Gasteiger partial charge in [-0.05, 0) is 25.3 Å². The maximum absolute atomic E-state index is 12.3. The Balaban J connectivity index is 1.80. The van der Waals surface area contributed by atoms with Crippen molar-refractivity contribution in [2.24, 2.45) is 0 Å². The molecule has 1 aromatic rings. The van der Waals surface area contributed by atoms with E-state index in [4.69, 9.17) is 4.74 Å². The molecule has 1 aliphatic rings. The predicted molar refractivity (Wildman–Crippen MR) is 84.2 cm³/mol. The van der Waals surface area contributed by atoms with Gasteiger partial charge in [-0.2, -0.15) is 0 Å². The van der Waals surface area contributed by atoms with Gasteiger partial charge in [-0.1, -0.05) is 45.8 Å². The summed E-state index contributed by atoms with van der Waals surface area (Å²) < 4.78 is 5.71. The molecule has 0 aliphatic carbocycles. The van der Waals surface area contributed by atoms with E-state index in [9.17, 15) is 4.79 Å². The van der Waals surface area contributed by atoms with E-state index >= 15 is 0 Å². The predicted octanol–water partition coefficient (Wildman–Crippen LogP) is 2.94. The third-order valence-electron chi connectivity index (χ3n) is 3.66. The molecule has 1 aromatic carbocycles. The van der Waals surface area contributed by atoms with Crippen molar-refractivity contribution >= 4 is 21.8 Å². The van der Waals surface area contributed by atoms with Crippen LogP contribution in [0.3, 0.4) is 0 Å². The van der Waals surface area contributed by atoms with Crippen LogP contribution in [0, 0.1) is 6.92 Å². The van der Waals surface area contributed by atoms with Crippen LogP contribution in [0.15, 0.2) is 24.3 Å². The Labute approximate surface area is 129 Å². The molecule has 1 fully saturated rings. The second-order valence-corrected chi connectivity index (χ2v) is 6.10. The van der Waals surface area contributed by atoms with Crippen molar-refractivity contribution in [3.05, 3.63) is 35.4 Å². The molecule has 0 spiro atoms. The SMILES string of the molecule is Cc1cccc(CC(=O)N2CCC(OCCBr)CC2)c1. The zero-order valence-electron chi connectivity index (χ0n) is 12.0. The molecule has 1 aliphatic heterocycles. The van der Waals surface area contributed by atoms with E-state index in [0.29, 0.717) is 12.5 Å². The number of rotatable bonds is 5. The van der Waals surface area contributed by atoms with E-state index in [-0.39, 0.29) is 5.91 Å². The van der Waals surface area contributed by atoms with Crippen LogP contribution in [0.2, 0.25) is 0 Å². The van der Waals surface area contributed by atoms with E-state index in [0.717, 1.165) is 43.4 Å². The molecule has 2 rings (SSSR count). The Bertz CT molecular complexity index is 442. The maximum atomic E-state index is 12.3. The zero-order chi connectivity index (χ0) is 14.4. The lowest BCUT2D eigenvalue weighted by molar-refractivity contribution is -0.133. The van der Waals surface area contributed by atoms with Gasteiger partial charge in [0.05, 0.1) is 19.1 Å². The fourth-order valence-corrected chi connectivity index (χ4v) is 2.78. The molecule has 0 saturated carbocycles. The van der Waals surface area contributed by atoms with Gasteiger partial charge >= 0.3 is 0 Å². The van der Waals surface area contributed by atoms with Crippen molar-refractivity contribution in [2.75, 3.05) is 25.0 Å². The van der Waals surface area contributed by atoms with Crippen molar-refractivity contribution in [2.45, 2.75) is 32.3 Å². The molecule has 0 bridgehead atoms. The topological polar surface area (TPSA) is 29.5 Å². The summed E-state index contributed by atoms with van der Waals surface area (Å²) in [5.74, 6) is 0.231. The first-order chi connectivity index (χ1) is 9.69. The number of piperidine rings is 1. The van der Waals surface area contributed by atoms with Gasteiger partial charge < -0.3 is 9.64 Å². The first-order valence-electron chi connectivity index (χ1n) is 7.20. The van der Waals surface area contributed by atoms with Gasteiger partial charge in [0.1, 0.15) is 0 Å². The average molecular weight is 340 g/mol. The molecular formula is C16H22BrNO2. The monoisotopic (exact) mass is 339 g/mol. The zero-order valence-corrected chi connectivity index (χ0v) is 13.6. The Morgan fingerprint density at radius 2 is 2.15 bits per heavy atom. The minimum atomic E-state index is 0.231. The summed E-state index contributed by atoms with van der Waals surface area (Å²) in [6, 6.07) is 8.18. The number of hydrogen-bond acceptors (Lipinski definition) is 2. The summed E-state index contributed by atoms with van der Waals surface area (Å²) >= 11 is 3.36. The number of likely N-dealkylation sites (tertiary alicyclic amines) is 1. The van der Waals surface area contributed by atoms with Crippen molar-refractivity contribution in [3.63, 3.8) is 0 Å². The number of halogens is 1. The molecule has 0 radical (unpaired) electrons. The van der Waals surface area contributed by atoms with Crippen molar-refractivity contribution < 1.29 is 9.53 Å². The molecule has 0 N–H and O–H groups in total. The van der Waals surface area contributed by atoms with Crippen LogP contribution in [0.5, 0.6) is 0 Å². The minimum absolute atomic E-state index is 0.231. The lowest BCUT2D eigenvalue weighted by Crippen LogP contribution is -2.41. The van der Waals surface area contributed by atoms with E-state index in [2.05, 4.69) is 35.0 Å². The molecule has 1 amide bonds. The van der Waals surface area contributed by atoms with Crippen LogP contribution < -0.4 is 0 Å². The maximum Gasteiger partial charge on any atom is 0.226 e. The third kappa shape index (κ3) is 4.60. The fraction of sp³-hybridized carbons (Fsp3) is 0.562. The average Bonchev–Trinajstić information content (AvgIpc) is 2.45. The largest absolute Gasteiger partial charge is 0.377 e. The van der Waals surface area contributed by atoms with E-state index in [1.807, 2.05) is 17.0 Å². The van der Waals surface area contributed by atoms with Crippen LogP contribution in [0.4, 0.5) is 0 Å². The van der Waals surface area contributed by atoms with Crippen LogP contribution in [0.25, 0.3) is 0 Å². The highest BCUT2D eigenvalue weighted by Crippen LogP contribution is 2.15. The normalized spacial score (nSPS) is 16.4. The highest BCUT2D eigenvalue weighted by Gasteiger charge is 2.22. The molecule has 0 atom stereocenters. The number of carbonyl (C=O) groups is 1. The summed E-state index contributed by atoms with van der Waals surface area (Å²) in [5.41, 5.74) is 2.31. The van der Waals surface area contributed by atoms with Crippen molar-refractivity contribution in [1.29, 1.82) is 0 Å². The Kier molecular flexibility index (Phi) is 6.05. The number of nitrogens with zero attached hydrogens (tertiary/aromatic N) is 1. The number of ether oxygens (including phenoxy) is 1. The van der Waals surface area contributed by atoms with Gasteiger partial charge in [-0.15, -0.1) is 0 Å². The van der Waals surface area contributed by atoms with Crippen LogP contribution in [-0.4, -0.2) is 41.9 Å². The Morgan fingerprint density at radius 1 is 1.40 bits per heavy atom. The fourth-order valence-electron chi connectivity index (χ4n) is 2.59. The molecule has 0 aromatic heterocycles. The lowest BCUT2D eigenvalue weighted by Gasteiger charge is -2.32. The number of amides is 1.